The lowest BCUT2D eigenvalue weighted by Gasteiger charge is -2.30. The summed E-state index contributed by atoms with van der Waals surface area (Å²) in [6.07, 6.45) is -6.24. The number of imidazole rings is 2. The zero-order chi connectivity index (χ0) is 33.8. The van der Waals surface area contributed by atoms with E-state index in [1.807, 2.05) is 0 Å². The van der Waals surface area contributed by atoms with Crippen molar-refractivity contribution >= 4 is 72.6 Å². The second kappa shape index (κ2) is 13.0. The van der Waals surface area contributed by atoms with Gasteiger partial charge in [-0.1, -0.05) is 24.5 Å². The van der Waals surface area contributed by atoms with Gasteiger partial charge in [0.2, 0.25) is 13.2 Å². The fraction of sp³-hybridized carbons (Fsp3) is 0.545. The first-order chi connectivity index (χ1) is 22.2. The van der Waals surface area contributed by atoms with Gasteiger partial charge in [0.1, 0.15) is 41.9 Å². The van der Waals surface area contributed by atoms with Crippen LogP contribution in [0.5, 0.6) is 0 Å². The quantitative estimate of drug-likeness (QED) is 0.0917. The number of methoxy groups -OCH3 is 1. The highest BCUT2D eigenvalue weighted by Gasteiger charge is 2.55. The first-order valence-electron chi connectivity index (χ1n) is 13.6. The zero-order valence-corrected chi connectivity index (χ0v) is 28.0. The molecule has 2 unspecified atom stereocenters. The third-order valence-electron chi connectivity index (χ3n) is 7.67. The van der Waals surface area contributed by atoms with E-state index in [4.69, 9.17) is 39.2 Å². The minimum absolute atomic E-state index is 0.0954. The lowest BCUT2D eigenvalue weighted by atomic mass is 9.98. The molecule has 25 heteroatoms. The fourth-order valence-corrected chi connectivity index (χ4v) is 7.43. The van der Waals surface area contributed by atoms with Crippen LogP contribution in [0.1, 0.15) is 19.4 Å². The number of anilines is 2. The van der Waals surface area contributed by atoms with Crippen LogP contribution >= 0.6 is 38.5 Å². The van der Waals surface area contributed by atoms with E-state index in [2.05, 4.69) is 54.4 Å². The molecule has 6 heterocycles. The summed E-state index contributed by atoms with van der Waals surface area (Å²) >= 11 is 7.75. The van der Waals surface area contributed by atoms with E-state index in [1.165, 1.54) is 31.3 Å². The molecule has 0 aromatic carbocycles. The molecule has 0 saturated carbocycles. The highest BCUT2D eigenvalue weighted by atomic mass is 32.7. The third kappa shape index (κ3) is 6.42. The smallest absolute Gasteiger partial charge is 0.386 e. The molecule has 2 aliphatic heterocycles. The molecule has 47 heavy (non-hydrogen) atoms. The Morgan fingerprint density at radius 2 is 1.87 bits per heavy atom. The number of aromatic nitrogens is 8. The summed E-state index contributed by atoms with van der Waals surface area (Å²) in [6, 6.07) is 0. The van der Waals surface area contributed by atoms with Gasteiger partial charge in [0, 0.05) is 7.11 Å². The number of aliphatic hydroxyl groups is 1. The zero-order valence-electron chi connectivity index (χ0n) is 24.3. The molecule has 4 aromatic heterocycles. The predicted molar refractivity (Wildman–Crippen MR) is 168 cm³/mol. The molecule has 0 bridgehead atoms. The predicted octanol–water partition coefficient (Wildman–Crippen LogP) is 0.799. The molecular formula is C22H29FN10O10P2S2. The summed E-state index contributed by atoms with van der Waals surface area (Å²) in [4.78, 5) is 35.0. The average Bonchev–Trinajstić information content (AvgIpc) is 3.76. The van der Waals surface area contributed by atoms with Crippen LogP contribution in [0.2, 0.25) is 0 Å². The van der Waals surface area contributed by atoms with Gasteiger partial charge in [0.15, 0.2) is 41.3 Å². The van der Waals surface area contributed by atoms with Crippen LogP contribution < -0.4 is 17.0 Å². The highest BCUT2D eigenvalue weighted by molar-refractivity contribution is 8.44. The lowest BCUT2D eigenvalue weighted by molar-refractivity contribution is -0.113. The number of nitrogens with two attached hydrogens (primary N) is 2. The van der Waals surface area contributed by atoms with Crippen LogP contribution in [0, 0.1) is 0 Å². The molecule has 256 valence electrons. The average molecular weight is 739 g/mol. The van der Waals surface area contributed by atoms with Crippen LogP contribution in [-0.4, -0.2) is 101 Å². The molecule has 6 rings (SSSR count). The van der Waals surface area contributed by atoms with Crippen LogP contribution in [0.15, 0.2) is 23.8 Å². The second-order valence-electron chi connectivity index (χ2n) is 10.7. The Balaban J connectivity index is 1.24. The molecule has 0 spiro atoms. The number of thiol groups is 2. The van der Waals surface area contributed by atoms with Gasteiger partial charge in [-0.05, 0) is 6.92 Å². The van der Waals surface area contributed by atoms with Crippen molar-refractivity contribution in [2.24, 2.45) is 0 Å². The van der Waals surface area contributed by atoms with E-state index in [1.54, 1.807) is 0 Å². The molecule has 0 radical (unpaired) electrons. The summed E-state index contributed by atoms with van der Waals surface area (Å²) in [6.45, 7) is -4.14. The molecule has 6 N–H and O–H groups in total. The van der Waals surface area contributed by atoms with Gasteiger partial charge in [-0.25, -0.2) is 28.9 Å². The maximum absolute atomic E-state index is 15.9. The maximum atomic E-state index is 15.9. The van der Waals surface area contributed by atoms with Gasteiger partial charge >= 0.3 is 6.80 Å². The lowest BCUT2D eigenvalue weighted by Crippen LogP contribution is -2.44. The maximum Gasteiger partial charge on any atom is 0.386 e. The number of hydrogen-bond acceptors (Lipinski definition) is 17. The SMILES string of the molecule is CO[C@H]1[C@@H](n2cnc3c(N)ncnc32)O[C@](C)(COP(=O)(S)O[C@@H]2[C@H](F)[C@@H](CO[PH](=O)S)O[C@H]2n2cnc3c(=O)[nH]c(N)nc32)[C@H]1O. The number of nitrogens with zero attached hydrogens (tertiary/aromatic N) is 7. The summed E-state index contributed by atoms with van der Waals surface area (Å²) in [5, 5.41) is 11.2. The molecule has 4 aromatic rings. The molecule has 2 fully saturated rings. The number of hydrogen-bond donors (Lipinski definition) is 6. The normalized spacial score (nSPS) is 31.5. The highest BCUT2D eigenvalue weighted by Crippen LogP contribution is 2.58. The van der Waals surface area contributed by atoms with Crippen LogP contribution in [0.3, 0.4) is 0 Å². The molecule has 10 atom stereocenters. The monoisotopic (exact) mass is 738 g/mol. The van der Waals surface area contributed by atoms with E-state index in [0.717, 1.165) is 10.9 Å². The van der Waals surface area contributed by atoms with Crippen LogP contribution in [-0.2, 0) is 36.9 Å². The minimum Gasteiger partial charge on any atom is -0.387 e. The Morgan fingerprint density at radius 3 is 2.57 bits per heavy atom. The van der Waals surface area contributed by atoms with E-state index < -0.39 is 81.4 Å². The number of aliphatic hydroxyl groups excluding tert-OH is 1. The van der Waals surface area contributed by atoms with Gasteiger partial charge in [0.25, 0.3) is 5.56 Å². The molecule has 20 nitrogen and oxygen atoms in total. The van der Waals surface area contributed by atoms with Crippen molar-refractivity contribution in [3.8, 4) is 0 Å². The van der Waals surface area contributed by atoms with Gasteiger partial charge in [-0.15, -0.1) is 0 Å². The number of nitrogens with one attached hydrogen (secondary N) is 1. The van der Waals surface area contributed by atoms with Crippen molar-refractivity contribution in [2.45, 2.75) is 55.6 Å². The molecular weight excluding hydrogens is 709 g/mol. The molecule has 2 aliphatic rings. The third-order valence-corrected chi connectivity index (χ3v) is 10.1. The number of alkyl halides is 1. The number of nitrogen functional groups attached to an aromatic ring is 2. The summed E-state index contributed by atoms with van der Waals surface area (Å²) in [7, 11) is -1.43. The summed E-state index contributed by atoms with van der Waals surface area (Å²) < 4.78 is 77.2. The van der Waals surface area contributed by atoms with Gasteiger partial charge in [-0.2, -0.15) is 4.98 Å². The Hall–Kier alpha value is -2.69. The van der Waals surface area contributed by atoms with Gasteiger partial charge in [0.05, 0.1) is 25.9 Å². The number of aromatic amines is 1. The molecule has 2 saturated heterocycles. The van der Waals surface area contributed by atoms with Crippen molar-refractivity contribution in [3.63, 3.8) is 0 Å². The van der Waals surface area contributed by atoms with Crippen molar-refractivity contribution in [1.29, 1.82) is 0 Å². The van der Waals surface area contributed by atoms with E-state index in [0.29, 0.717) is 11.2 Å². The molecule has 0 amide bonds. The fourth-order valence-electron chi connectivity index (χ4n) is 5.39. The van der Waals surface area contributed by atoms with Crippen LogP contribution in [0.25, 0.3) is 22.3 Å². The van der Waals surface area contributed by atoms with Gasteiger partial charge in [-0.3, -0.25) is 32.5 Å². The standard InChI is InChI=1S/C22H29FN10O10P2S2/c1-22(14(34)13(38-2)20(42-22)32-6-28-10-15(24)26-5-27-16(10)32)4-40-45(37,47)43-12-9(23)8(3-39-44(36)46)41-19(12)33-7-29-11-17(33)30-21(25)31-18(11)35/h5-9,12-14,19-20,34,44H,3-4H2,1-2H3,(H,36,46)(H,37,47)(H2,24,26,27)(H3,25,30,31,35)/t8-,9-,12-,13-,14+,19-,20+,22-,45?/m1/s1. The number of halogens is 1. The first-order valence-corrected chi connectivity index (χ1v) is 18.9. The Labute approximate surface area is 274 Å². The number of rotatable bonds is 11. The van der Waals surface area contributed by atoms with Crippen molar-refractivity contribution < 1.29 is 46.4 Å². The number of H-pyrrole nitrogens is 1. The first kappa shape index (κ1) is 34.2. The Bertz CT molecular complexity index is 1940. The topological polar surface area (TPSA) is 269 Å². The van der Waals surface area contributed by atoms with E-state index >= 15 is 4.39 Å². The summed E-state index contributed by atoms with van der Waals surface area (Å²) in [5.74, 6) is -0.131. The van der Waals surface area contributed by atoms with Crippen molar-refractivity contribution in [2.75, 3.05) is 31.8 Å². The molecule has 0 aliphatic carbocycles. The Morgan fingerprint density at radius 1 is 1.17 bits per heavy atom. The Kier molecular flexibility index (Phi) is 9.43. The van der Waals surface area contributed by atoms with E-state index in [9.17, 15) is 19.0 Å². The van der Waals surface area contributed by atoms with Crippen molar-refractivity contribution in [3.05, 3.63) is 29.3 Å². The van der Waals surface area contributed by atoms with Gasteiger partial charge < -0.3 is 35.3 Å². The number of fused-ring (bicyclic) bond motifs is 2. The second-order valence-corrected chi connectivity index (χ2v) is 15.5. The van der Waals surface area contributed by atoms with Crippen LogP contribution in [0.4, 0.5) is 16.2 Å². The van der Waals surface area contributed by atoms with E-state index in [-0.39, 0.29) is 22.9 Å². The largest absolute Gasteiger partial charge is 0.387 e. The minimum atomic E-state index is -4.51. The summed E-state index contributed by atoms with van der Waals surface area (Å²) in [5.41, 5.74) is 9.69. The number of ether oxygens (including phenoxy) is 3. The van der Waals surface area contributed by atoms with Crippen molar-refractivity contribution in [1.82, 2.24) is 39.0 Å².